The van der Waals surface area contributed by atoms with Crippen molar-refractivity contribution in [2.24, 2.45) is 0 Å². The average Bonchev–Trinajstić information content (AvgIpc) is 3.47. The van der Waals surface area contributed by atoms with E-state index in [2.05, 4.69) is 75.1 Å². The molecule has 3 heteroatoms. The van der Waals surface area contributed by atoms with Gasteiger partial charge in [-0.15, -0.1) is 35.3 Å². The maximum atomic E-state index is 2.55. The molecule has 0 unspecified atom stereocenters. The lowest BCUT2D eigenvalue weighted by atomic mass is 10.0. The molecule has 79 heavy (non-hydrogen) atoms. The van der Waals surface area contributed by atoms with Gasteiger partial charge in [-0.25, -0.2) is 0 Å². The quantitative estimate of drug-likeness (QED) is 0.0471. The van der Waals surface area contributed by atoms with Crippen LogP contribution in [0, 0.1) is 6.92 Å². The zero-order valence-electron chi connectivity index (χ0n) is 55.0. The summed E-state index contributed by atoms with van der Waals surface area (Å²) in [5, 5.41) is 0. The van der Waals surface area contributed by atoms with E-state index in [1.165, 1.54) is 427 Å². The molecule has 0 saturated heterocycles. The Bertz CT molecular complexity index is 1210. The molecule has 1 aromatic rings. The van der Waals surface area contributed by atoms with Crippen molar-refractivity contribution in [2.45, 2.75) is 447 Å². The summed E-state index contributed by atoms with van der Waals surface area (Å²) in [6, 6.07) is 5.09. The van der Waals surface area contributed by atoms with Crippen molar-refractivity contribution >= 4 is 35.3 Å². The molecule has 0 aliphatic rings. The molecule has 1 rings (SSSR count). The van der Waals surface area contributed by atoms with Gasteiger partial charge < -0.3 is 0 Å². The van der Waals surface area contributed by atoms with Gasteiger partial charge in [-0.3, -0.25) is 0 Å². The zero-order chi connectivity index (χ0) is 56.5. The summed E-state index contributed by atoms with van der Waals surface area (Å²) in [5.74, 6) is 3.87. The minimum absolute atomic E-state index is 1.29. The maximum absolute atomic E-state index is 2.55. The Labute approximate surface area is 513 Å². The minimum atomic E-state index is 1.29. The van der Waals surface area contributed by atoms with E-state index in [0.717, 1.165) is 0 Å². The van der Waals surface area contributed by atoms with Gasteiger partial charge in [-0.05, 0) is 61.1 Å². The second-order valence-corrected chi connectivity index (χ2v) is 29.2. The standard InChI is InChI=1S/C76H146S3/c1-5-8-11-14-17-20-23-26-29-32-35-38-41-44-47-50-53-56-59-62-65-68-77-74-71-73(4)72-75(78-69-66-63-60-57-54-51-48-45-42-39-36-33-30-27-24-21-18-15-12-9-6-2)76(74)79-70-67-64-61-58-55-52-49-46-43-40-37-34-31-28-25-22-19-16-13-10-7-3/h71-72H,5-70H2,1-4H3. The van der Waals surface area contributed by atoms with Crippen LogP contribution >= 0.6 is 35.3 Å². The molecule has 468 valence electrons. The third-order valence-electron chi connectivity index (χ3n) is 17.7. The minimum Gasteiger partial charge on any atom is -0.125 e. The van der Waals surface area contributed by atoms with Crippen LogP contribution in [0.4, 0.5) is 0 Å². The highest BCUT2D eigenvalue weighted by Crippen LogP contribution is 2.41. The first kappa shape index (κ1) is 77.3. The highest BCUT2D eigenvalue weighted by atomic mass is 32.2. The zero-order valence-corrected chi connectivity index (χ0v) is 57.5. The van der Waals surface area contributed by atoms with Gasteiger partial charge >= 0.3 is 0 Å². The summed E-state index contributed by atoms with van der Waals surface area (Å²) < 4.78 is 0. The summed E-state index contributed by atoms with van der Waals surface area (Å²) in [6.07, 6.45) is 92.0. The first-order valence-corrected chi connectivity index (χ1v) is 40.2. The van der Waals surface area contributed by atoms with Crippen LogP contribution in [-0.4, -0.2) is 17.3 Å². The predicted octanol–water partition coefficient (Wildman–Crippen LogP) is 29.9. The predicted molar refractivity (Wildman–Crippen MR) is 371 cm³/mol. The second kappa shape index (κ2) is 67.4. The number of hydrogen-bond donors (Lipinski definition) is 0. The summed E-state index contributed by atoms with van der Waals surface area (Å²) in [5.41, 5.74) is 1.47. The lowest BCUT2D eigenvalue weighted by Gasteiger charge is -2.16. The maximum Gasteiger partial charge on any atom is 0.0344 e. The van der Waals surface area contributed by atoms with Gasteiger partial charge in [0.2, 0.25) is 0 Å². The number of thioether (sulfide) groups is 3. The molecule has 0 saturated carbocycles. The van der Waals surface area contributed by atoms with Crippen LogP contribution in [0.1, 0.15) is 431 Å². The van der Waals surface area contributed by atoms with E-state index in [0.29, 0.717) is 0 Å². The number of benzene rings is 1. The molecule has 0 amide bonds. The van der Waals surface area contributed by atoms with E-state index in [9.17, 15) is 0 Å². The SMILES string of the molecule is CCCCCCCCCCCCCCCCCCCCCCCSc1cc(C)cc(SCCCCCCCCCCCCCCCCCCCCCCC)c1SCCCCCCCCCCCCCCCCCCCCCCC. The summed E-state index contributed by atoms with van der Waals surface area (Å²) in [7, 11) is 0. The fourth-order valence-corrected chi connectivity index (χ4v) is 16.1. The van der Waals surface area contributed by atoms with Crippen LogP contribution in [0.5, 0.6) is 0 Å². The van der Waals surface area contributed by atoms with Gasteiger partial charge in [0.15, 0.2) is 0 Å². The van der Waals surface area contributed by atoms with Crippen molar-refractivity contribution in [1.29, 1.82) is 0 Å². The van der Waals surface area contributed by atoms with Gasteiger partial charge in [0.1, 0.15) is 0 Å². The first-order chi connectivity index (χ1) is 39.2. The molecule has 0 aromatic heterocycles. The summed E-state index contributed by atoms with van der Waals surface area (Å²) >= 11 is 6.60. The van der Waals surface area contributed by atoms with Gasteiger partial charge in [-0.1, -0.05) is 406 Å². The smallest absolute Gasteiger partial charge is 0.0344 e. The van der Waals surface area contributed by atoms with E-state index in [4.69, 9.17) is 0 Å². The Kier molecular flexibility index (Phi) is 65.9. The Morgan fingerprint density at radius 1 is 0.190 bits per heavy atom. The summed E-state index contributed by atoms with van der Waals surface area (Å²) in [4.78, 5) is 4.84. The number of aryl methyl sites for hydroxylation is 1. The van der Waals surface area contributed by atoms with Gasteiger partial charge in [0, 0.05) is 14.7 Å². The Morgan fingerprint density at radius 2 is 0.329 bits per heavy atom. The normalized spacial score (nSPS) is 11.7. The summed E-state index contributed by atoms with van der Waals surface area (Å²) in [6.45, 7) is 9.32. The molecule has 0 aliphatic carbocycles. The average molecular weight is 1160 g/mol. The number of unbranched alkanes of at least 4 members (excludes halogenated alkanes) is 60. The van der Waals surface area contributed by atoms with Crippen molar-refractivity contribution in [3.63, 3.8) is 0 Å². The largest absolute Gasteiger partial charge is 0.125 e. The monoisotopic (exact) mass is 1160 g/mol. The van der Waals surface area contributed by atoms with Crippen molar-refractivity contribution in [3.8, 4) is 0 Å². The van der Waals surface area contributed by atoms with Crippen LogP contribution in [0.15, 0.2) is 26.8 Å². The molecular weight excluding hydrogens is 1010 g/mol. The molecule has 0 nitrogen and oxygen atoms in total. The van der Waals surface area contributed by atoms with Crippen LogP contribution < -0.4 is 0 Å². The van der Waals surface area contributed by atoms with Gasteiger partial charge in [0.05, 0.1) is 0 Å². The van der Waals surface area contributed by atoms with E-state index in [1.807, 2.05) is 0 Å². The third kappa shape index (κ3) is 58.4. The number of rotatable bonds is 69. The molecule has 0 radical (unpaired) electrons. The van der Waals surface area contributed by atoms with Crippen LogP contribution in [0.25, 0.3) is 0 Å². The van der Waals surface area contributed by atoms with E-state index < -0.39 is 0 Å². The highest BCUT2D eigenvalue weighted by molar-refractivity contribution is 8.03. The third-order valence-corrected chi connectivity index (χ3v) is 21.4. The second-order valence-electron chi connectivity index (χ2n) is 25.8. The van der Waals surface area contributed by atoms with Gasteiger partial charge in [0.25, 0.3) is 0 Å². The highest BCUT2D eigenvalue weighted by Gasteiger charge is 2.13. The first-order valence-electron chi connectivity index (χ1n) is 37.3. The number of hydrogen-bond acceptors (Lipinski definition) is 3. The van der Waals surface area contributed by atoms with Crippen molar-refractivity contribution < 1.29 is 0 Å². The molecule has 0 fully saturated rings. The molecule has 0 spiro atoms. The Balaban J connectivity index is 2.29. The lowest BCUT2D eigenvalue weighted by molar-refractivity contribution is 0.521. The van der Waals surface area contributed by atoms with Crippen molar-refractivity contribution in [3.05, 3.63) is 17.7 Å². The Morgan fingerprint density at radius 3 is 0.494 bits per heavy atom. The lowest BCUT2D eigenvalue weighted by Crippen LogP contribution is -1.92. The molecule has 0 atom stereocenters. The van der Waals surface area contributed by atoms with Crippen molar-refractivity contribution in [1.82, 2.24) is 0 Å². The molecule has 0 heterocycles. The van der Waals surface area contributed by atoms with E-state index in [1.54, 1.807) is 14.7 Å². The molecule has 0 aliphatic heterocycles. The topological polar surface area (TPSA) is 0 Å². The van der Waals surface area contributed by atoms with Crippen LogP contribution in [0.2, 0.25) is 0 Å². The molecule has 0 bridgehead atoms. The molecule has 1 aromatic carbocycles. The Hall–Kier alpha value is 0.270. The fourth-order valence-electron chi connectivity index (χ4n) is 12.2. The van der Waals surface area contributed by atoms with Crippen molar-refractivity contribution in [2.75, 3.05) is 17.3 Å². The molecular formula is C76H146S3. The van der Waals surface area contributed by atoms with E-state index in [-0.39, 0.29) is 0 Å². The van der Waals surface area contributed by atoms with E-state index >= 15 is 0 Å². The van der Waals surface area contributed by atoms with Crippen LogP contribution in [0.3, 0.4) is 0 Å². The van der Waals surface area contributed by atoms with Crippen LogP contribution in [-0.2, 0) is 0 Å². The van der Waals surface area contributed by atoms with Gasteiger partial charge in [-0.2, -0.15) is 0 Å². The fraction of sp³-hybridized carbons (Fsp3) is 0.921. The molecule has 0 N–H and O–H groups in total.